The van der Waals surface area contributed by atoms with E-state index in [1.807, 2.05) is 44.2 Å². The number of amides is 2. The number of anilines is 1. The Morgan fingerprint density at radius 2 is 1.75 bits per heavy atom. The lowest BCUT2D eigenvalue weighted by molar-refractivity contribution is -0.384. The second-order valence-corrected chi connectivity index (χ2v) is 10.7. The highest BCUT2D eigenvalue weighted by Gasteiger charge is 2.31. The predicted octanol–water partition coefficient (Wildman–Crippen LogP) is 3.04. The molecule has 10 nitrogen and oxygen atoms in total. The maximum Gasteiger partial charge on any atom is 0.271 e. The summed E-state index contributed by atoms with van der Waals surface area (Å²) in [5.41, 5.74) is 1.16. The Morgan fingerprint density at radius 1 is 1.11 bits per heavy atom. The number of hydrogen-bond donors (Lipinski definition) is 1. The number of sulfonamides is 1. The first-order chi connectivity index (χ1) is 16.8. The Balaban J connectivity index is 2.40. The standard InChI is InChI=1S/C25H34N4O6S/c1-6-19(3)26-25(31)20(4)27(15-14-21-10-8-7-9-11-21)24(30)17-28(36(5,34)35)23-16-22(29(32)33)13-12-18(23)2/h7-13,16,19-20H,6,14-15,17H2,1-5H3,(H,26,31)/t19-,20+/m0/s1. The smallest absolute Gasteiger partial charge is 0.271 e. The van der Waals surface area contributed by atoms with E-state index in [0.717, 1.165) is 22.2 Å². The molecule has 0 heterocycles. The van der Waals surface area contributed by atoms with Gasteiger partial charge in [-0.3, -0.25) is 24.0 Å². The molecular weight excluding hydrogens is 484 g/mol. The van der Waals surface area contributed by atoms with Gasteiger partial charge in [-0.2, -0.15) is 0 Å². The van der Waals surface area contributed by atoms with Gasteiger partial charge in [-0.05, 0) is 44.7 Å². The molecule has 0 saturated heterocycles. The third-order valence-electron chi connectivity index (χ3n) is 6.00. The number of non-ortho nitro benzene ring substituents is 1. The minimum Gasteiger partial charge on any atom is -0.352 e. The van der Waals surface area contributed by atoms with Crippen LogP contribution in [-0.4, -0.2) is 61.5 Å². The number of benzene rings is 2. The summed E-state index contributed by atoms with van der Waals surface area (Å²) in [7, 11) is -3.98. The zero-order valence-corrected chi connectivity index (χ0v) is 22.1. The fourth-order valence-corrected chi connectivity index (χ4v) is 4.51. The van der Waals surface area contributed by atoms with Gasteiger partial charge in [-0.25, -0.2) is 8.42 Å². The van der Waals surface area contributed by atoms with E-state index < -0.39 is 33.4 Å². The number of nitrogens with zero attached hydrogens (tertiary/aromatic N) is 3. The fraction of sp³-hybridized carbons (Fsp3) is 0.440. The lowest BCUT2D eigenvalue weighted by Crippen LogP contribution is -2.53. The van der Waals surface area contributed by atoms with E-state index in [-0.39, 0.29) is 29.9 Å². The minimum absolute atomic E-state index is 0.0415. The summed E-state index contributed by atoms with van der Waals surface area (Å²) in [6.45, 7) is 6.58. The van der Waals surface area contributed by atoms with Gasteiger partial charge in [0.25, 0.3) is 5.69 Å². The Bertz CT molecular complexity index is 1190. The molecule has 0 fully saturated rings. The number of carbonyl (C=O) groups excluding carboxylic acids is 2. The van der Waals surface area contributed by atoms with Crippen molar-refractivity contribution >= 4 is 33.2 Å². The van der Waals surface area contributed by atoms with E-state index in [1.165, 1.54) is 17.0 Å². The largest absolute Gasteiger partial charge is 0.352 e. The molecule has 0 bridgehead atoms. The predicted molar refractivity (Wildman–Crippen MR) is 139 cm³/mol. The van der Waals surface area contributed by atoms with Crippen molar-refractivity contribution in [1.82, 2.24) is 10.2 Å². The van der Waals surface area contributed by atoms with Crippen molar-refractivity contribution in [2.75, 3.05) is 23.7 Å². The van der Waals surface area contributed by atoms with Gasteiger partial charge in [0.1, 0.15) is 12.6 Å². The normalized spacial score (nSPS) is 12.9. The van der Waals surface area contributed by atoms with Gasteiger partial charge in [0.2, 0.25) is 21.8 Å². The number of rotatable bonds is 12. The molecule has 0 aliphatic carbocycles. The second-order valence-electron chi connectivity index (χ2n) is 8.81. The number of carbonyl (C=O) groups is 2. The molecule has 0 saturated carbocycles. The SMILES string of the molecule is CC[C@H](C)NC(=O)[C@@H](C)N(CCc1ccccc1)C(=O)CN(c1cc([N+](=O)[O-])ccc1C)S(C)(=O)=O. The average molecular weight is 519 g/mol. The topological polar surface area (TPSA) is 130 Å². The van der Waals surface area contributed by atoms with Crippen LogP contribution in [0.2, 0.25) is 0 Å². The Kier molecular flexibility index (Phi) is 9.97. The monoisotopic (exact) mass is 518 g/mol. The van der Waals surface area contributed by atoms with Crippen LogP contribution in [0.15, 0.2) is 48.5 Å². The third kappa shape index (κ3) is 7.77. The number of nitro groups is 1. The van der Waals surface area contributed by atoms with Crippen molar-refractivity contribution in [3.63, 3.8) is 0 Å². The van der Waals surface area contributed by atoms with Gasteiger partial charge in [-0.15, -0.1) is 0 Å². The van der Waals surface area contributed by atoms with Crippen LogP contribution >= 0.6 is 0 Å². The molecule has 2 atom stereocenters. The molecule has 36 heavy (non-hydrogen) atoms. The van der Waals surface area contributed by atoms with Crippen LogP contribution in [0.25, 0.3) is 0 Å². The molecule has 0 unspecified atom stereocenters. The molecule has 2 aromatic carbocycles. The zero-order valence-electron chi connectivity index (χ0n) is 21.3. The summed E-state index contributed by atoms with van der Waals surface area (Å²) in [4.78, 5) is 38.4. The first-order valence-electron chi connectivity index (χ1n) is 11.7. The number of nitrogens with one attached hydrogen (secondary N) is 1. The molecule has 2 rings (SSSR count). The van der Waals surface area contributed by atoms with E-state index >= 15 is 0 Å². The van der Waals surface area contributed by atoms with E-state index in [9.17, 15) is 28.1 Å². The summed E-state index contributed by atoms with van der Waals surface area (Å²) in [5.74, 6) is -0.933. The molecule has 0 aromatic heterocycles. The Labute approximate surface area is 212 Å². The molecule has 0 aliphatic heterocycles. The molecule has 196 valence electrons. The average Bonchev–Trinajstić information content (AvgIpc) is 2.82. The molecule has 0 radical (unpaired) electrons. The van der Waals surface area contributed by atoms with Crippen molar-refractivity contribution in [3.05, 3.63) is 69.8 Å². The fourth-order valence-electron chi connectivity index (χ4n) is 3.61. The van der Waals surface area contributed by atoms with Crippen LogP contribution in [0, 0.1) is 17.0 Å². The molecule has 0 aliphatic rings. The summed E-state index contributed by atoms with van der Waals surface area (Å²) in [6, 6.07) is 12.3. The first kappa shape index (κ1) is 28.8. The summed E-state index contributed by atoms with van der Waals surface area (Å²) in [5, 5.41) is 14.1. The highest BCUT2D eigenvalue weighted by atomic mass is 32.2. The second kappa shape index (κ2) is 12.5. The molecule has 0 spiro atoms. The highest BCUT2D eigenvalue weighted by Crippen LogP contribution is 2.27. The van der Waals surface area contributed by atoms with Crippen LogP contribution < -0.4 is 9.62 Å². The maximum absolute atomic E-state index is 13.5. The van der Waals surface area contributed by atoms with Crippen molar-refractivity contribution in [1.29, 1.82) is 0 Å². The van der Waals surface area contributed by atoms with Crippen molar-refractivity contribution < 1.29 is 22.9 Å². The lowest BCUT2D eigenvalue weighted by atomic mass is 10.1. The van der Waals surface area contributed by atoms with E-state index in [1.54, 1.807) is 13.8 Å². The number of aryl methyl sites for hydroxylation is 1. The van der Waals surface area contributed by atoms with Gasteiger partial charge in [-0.1, -0.05) is 43.3 Å². The lowest BCUT2D eigenvalue weighted by Gasteiger charge is -2.32. The zero-order chi connectivity index (χ0) is 27.0. The van der Waals surface area contributed by atoms with E-state index in [0.29, 0.717) is 18.4 Å². The summed E-state index contributed by atoms with van der Waals surface area (Å²) >= 11 is 0. The quantitative estimate of drug-likeness (QED) is 0.340. The van der Waals surface area contributed by atoms with Gasteiger partial charge >= 0.3 is 0 Å². The van der Waals surface area contributed by atoms with Crippen LogP contribution in [0.5, 0.6) is 0 Å². The highest BCUT2D eigenvalue weighted by molar-refractivity contribution is 7.92. The van der Waals surface area contributed by atoms with Gasteiger partial charge in [0.05, 0.1) is 16.9 Å². The van der Waals surface area contributed by atoms with Gasteiger partial charge < -0.3 is 10.2 Å². The maximum atomic E-state index is 13.5. The van der Waals surface area contributed by atoms with Crippen LogP contribution in [0.1, 0.15) is 38.3 Å². The van der Waals surface area contributed by atoms with Crippen LogP contribution in [0.3, 0.4) is 0 Å². The third-order valence-corrected chi connectivity index (χ3v) is 7.13. The molecule has 2 amide bonds. The number of nitro benzene ring substituents is 1. The van der Waals surface area contributed by atoms with Crippen molar-refractivity contribution in [2.24, 2.45) is 0 Å². The summed E-state index contributed by atoms with van der Waals surface area (Å²) < 4.78 is 26.2. The molecule has 11 heteroatoms. The Morgan fingerprint density at radius 3 is 2.31 bits per heavy atom. The van der Waals surface area contributed by atoms with Crippen LogP contribution in [-0.2, 0) is 26.0 Å². The minimum atomic E-state index is -3.98. The van der Waals surface area contributed by atoms with Crippen LogP contribution in [0.4, 0.5) is 11.4 Å². The van der Waals surface area contributed by atoms with Gasteiger partial charge in [0, 0.05) is 24.7 Å². The molecular formula is C25H34N4O6S. The summed E-state index contributed by atoms with van der Waals surface area (Å²) in [6.07, 6.45) is 2.11. The first-order valence-corrected chi connectivity index (χ1v) is 13.6. The molecule has 1 N–H and O–H groups in total. The van der Waals surface area contributed by atoms with E-state index in [2.05, 4.69) is 5.32 Å². The van der Waals surface area contributed by atoms with Crippen molar-refractivity contribution in [2.45, 2.75) is 52.6 Å². The van der Waals surface area contributed by atoms with E-state index in [4.69, 9.17) is 0 Å². The Hall–Kier alpha value is -3.47. The number of hydrogen-bond acceptors (Lipinski definition) is 6. The van der Waals surface area contributed by atoms with Crippen molar-refractivity contribution in [3.8, 4) is 0 Å². The van der Waals surface area contributed by atoms with Gasteiger partial charge in [0.15, 0.2) is 0 Å². The molecule has 2 aromatic rings.